The molecule has 0 unspecified atom stereocenters. The van der Waals surface area contributed by atoms with Crippen LogP contribution < -0.4 is 5.32 Å². The Morgan fingerprint density at radius 2 is 1.75 bits per heavy atom. The van der Waals surface area contributed by atoms with E-state index < -0.39 is 17.6 Å². The number of nitrogens with zero attached hydrogens (tertiary/aromatic N) is 2. The molecule has 2 rings (SSSR count). The van der Waals surface area contributed by atoms with Crippen molar-refractivity contribution in [1.29, 1.82) is 0 Å². The van der Waals surface area contributed by atoms with Gasteiger partial charge in [0, 0.05) is 33.2 Å². The minimum absolute atomic E-state index is 0.109. The summed E-state index contributed by atoms with van der Waals surface area (Å²) in [6.45, 7) is 0.922. The Kier molecular flexibility index (Phi) is 5.36. The SMILES string of the molecule is CN(C)C(=O)N1CCC(NC(=O)c2ccccc2C(F)(F)F)CC1. The molecule has 1 saturated heterocycles. The first-order valence-electron chi connectivity index (χ1n) is 7.63. The smallest absolute Gasteiger partial charge is 0.349 e. The number of rotatable bonds is 2. The lowest BCUT2D eigenvalue weighted by Crippen LogP contribution is -2.49. The standard InChI is InChI=1S/C16H20F3N3O2/c1-21(2)15(24)22-9-7-11(8-10-22)20-14(23)12-5-3-4-6-13(12)16(17,18)19/h3-6,11H,7-10H2,1-2H3,(H,20,23). The second-order valence-corrected chi connectivity index (χ2v) is 5.96. The highest BCUT2D eigenvalue weighted by atomic mass is 19.4. The number of benzene rings is 1. The van der Waals surface area contributed by atoms with Crippen molar-refractivity contribution >= 4 is 11.9 Å². The molecule has 0 bridgehead atoms. The van der Waals surface area contributed by atoms with Gasteiger partial charge in [0.2, 0.25) is 0 Å². The van der Waals surface area contributed by atoms with Gasteiger partial charge in [-0.3, -0.25) is 4.79 Å². The third-order valence-corrected chi connectivity index (χ3v) is 3.96. The fourth-order valence-electron chi connectivity index (χ4n) is 2.69. The third-order valence-electron chi connectivity index (χ3n) is 3.96. The molecule has 24 heavy (non-hydrogen) atoms. The number of alkyl halides is 3. The average molecular weight is 343 g/mol. The zero-order valence-corrected chi connectivity index (χ0v) is 13.6. The summed E-state index contributed by atoms with van der Waals surface area (Å²) in [6, 6.07) is 4.37. The largest absolute Gasteiger partial charge is 0.417 e. The van der Waals surface area contributed by atoms with Crippen LogP contribution in [-0.4, -0.2) is 55.0 Å². The second kappa shape index (κ2) is 7.11. The van der Waals surface area contributed by atoms with Gasteiger partial charge >= 0.3 is 12.2 Å². The van der Waals surface area contributed by atoms with E-state index in [9.17, 15) is 22.8 Å². The van der Waals surface area contributed by atoms with E-state index in [0.29, 0.717) is 25.9 Å². The lowest BCUT2D eigenvalue weighted by Gasteiger charge is -2.34. The predicted molar refractivity (Wildman–Crippen MR) is 82.6 cm³/mol. The van der Waals surface area contributed by atoms with Crippen molar-refractivity contribution in [2.45, 2.75) is 25.1 Å². The van der Waals surface area contributed by atoms with Gasteiger partial charge in [-0.2, -0.15) is 13.2 Å². The summed E-state index contributed by atoms with van der Waals surface area (Å²) in [6.07, 6.45) is -3.55. The van der Waals surface area contributed by atoms with E-state index in [2.05, 4.69) is 5.32 Å². The zero-order chi connectivity index (χ0) is 17.9. The van der Waals surface area contributed by atoms with Crippen LogP contribution in [0.2, 0.25) is 0 Å². The molecule has 0 aromatic heterocycles. The van der Waals surface area contributed by atoms with Crippen LogP contribution in [0.25, 0.3) is 0 Å². The maximum Gasteiger partial charge on any atom is 0.417 e. The number of hydrogen-bond donors (Lipinski definition) is 1. The summed E-state index contributed by atoms with van der Waals surface area (Å²) in [5, 5.41) is 2.65. The van der Waals surface area contributed by atoms with Crippen molar-refractivity contribution in [2.24, 2.45) is 0 Å². The van der Waals surface area contributed by atoms with Gasteiger partial charge in [-0.1, -0.05) is 12.1 Å². The van der Waals surface area contributed by atoms with Gasteiger partial charge in [-0.05, 0) is 25.0 Å². The normalized spacial score (nSPS) is 16.0. The van der Waals surface area contributed by atoms with Crippen LogP contribution in [0.1, 0.15) is 28.8 Å². The molecule has 0 atom stereocenters. The van der Waals surface area contributed by atoms with Gasteiger partial charge in [0.25, 0.3) is 5.91 Å². The molecular weight excluding hydrogens is 323 g/mol. The molecule has 1 fully saturated rings. The number of amides is 3. The Morgan fingerprint density at radius 1 is 1.17 bits per heavy atom. The van der Waals surface area contributed by atoms with Crippen molar-refractivity contribution in [2.75, 3.05) is 27.2 Å². The van der Waals surface area contributed by atoms with Gasteiger partial charge in [0.05, 0.1) is 11.1 Å². The minimum Gasteiger partial charge on any atom is -0.349 e. The average Bonchev–Trinajstić information content (AvgIpc) is 2.54. The minimum atomic E-state index is -4.57. The maximum absolute atomic E-state index is 13.0. The molecule has 0 aliphatic carbocycles. The van der Waals surface area contributed by atoms with E-state index in [-0.39, 0.29) is 17.6 Å². The highest BCUT2D eigenvalue weighted by Crippen LogP contribution is 2.31. The number of carbonyl (C=O) groups is 2. The molecule has 1 aliphatic heterocycles. The Hall–Kier alpha value is -2.25. The molecule has 5 nitrogen and oxygen atoms in total. The number of halogens is 3. The highest BCUT2D eigenvalue weighted by molar-refractivity contribution is 5.96. The molecule has 1 aromatic carbocycles. The van der Waals surface area contributed by atoms with Crippen LogP contribution in [0.3, 0.4) is 0 Å². The van der Waals surface area contributed by atoms with Crippen molar-refractivity contribution in [3.05, 3.63) is 35.4 Å². The first-order chi connectivity index (χ1) is 11.2. The van der Waals surface area contributed by atoms with Gasteiger partial charge < -0.3 is 15.1 Å². The molecule has 0 saturated carbocycles. The van der Waals surface area contributed by atoms with E-state index in [4.69, 9.17) is 0 Å². The van der Waals surface area contributed by atoms with Crippen molar-refractivity contribution in [3.8, 4) is 0 Å². The summed E-state index contributed by atoms with van der Waals surface area (Å²) in [5.41, 5.74) is -1.32. The first-order valence-corrected chi connectivity index (χ1v) is 7.63. The number of hydrogen-bond acceptors (Lipinski definition) is 2. The zero-order valence-electron chi connectivity index (χ0n) is 13.6. The Bertz CT molecular complexity index is 609. The quantitative estimate of drug-likeness (QED) is 0.897. The van der Waals surface area contributed by atoms with Crippen LogP contribution in [0, 0.1) is 0 Å². The van der Waals surface area contributed by atoms with E-state index in [1.165, 1.54) is 23.1 Å². The van der Waals surface area contributed by atoms with Crippen LogP contribution in [0.4, 0.5) is 18.0 Å². The van der Waals surface area contributed by atoms with Crippen molar-refractivity contribution < 1.29 is 22.8 Å². The van der Waals surface area contributed by atoms with Gasteiger partial charge in [0.15, 0.2) is 0 Å². The molecule has 3 amide bonds. The molecule has 1 aromatic rings. The van der Waals surface area contributed by atoms with Crippen LogP contribution >= 0.6 is 0 Å². The second-order valence-electron chi connectivity index (χ2n) is 5.96. The highest BCUT2D eigenvalue weighted by Gasteiger charge is 2.35. The Morgan fingerprint density at radius 3 is 2.29 bits per heavy atom. The van der Waals surface area contributed by atoms with Gasteiger partial charge in [0.1, 0.15) is 0 Å². The number of likely N-dealkylation sites (tertiary alicyclic amines) is 1. The number of nitrogens with one attached hydrogen (secondary N) is 1. The molecule has 1 aliphatic rings. The molecule has 0 radical (unpaired) electrons. The van der Waals surface area contributed by atoms with Crippen LogP contribution in [-0.2, 0) is 6.18 Å². The third kappa shape index (κ3) is 4.18. The molecule has 1 heterocycles. The number of carbonyl (C=O) groups excluding carboxylic acids is 2. The first kappa shape index (κ1) is 18.1. The van der Waals surface area contributed by atoms with Gasteiger partial charge in [-0.15, -0.1) is 0 Å². The summed E-state index contributed by atoms with van der Waals surface area (Å²) in [5.74, 6) is -0.736. The van der Waals surface area contributed by atoms with Crippen LogP contribution in [0.5, 0.6) is 0 Å². The summed E-state index contributed by atoms with van der Waals surface area (Å²) >= 11 is 0. The lowest BCUT2D eigenvalue weighted by atomic mass is 10.0. The van der Waals surface area contributed by atoms with E-state index >= 15 is 0 Å². The van der Waals surface area contributed by atoms with E-state index in [0.717, 1.165) is 6.07 Å². The molecule has 8 heteroatoms. The molecule has 0 spiro atoms. The molecule has 1 N–H and O–H groups in total. The topological polar surface area (TPSA) is 52.7 Å². The fourth-order valence-corrected chi connectivity index (χ4v) is 2.69. The number of urea groups is 1. The lowest BCUT2D eigenvalue weighted by molar-refractivity contribution is -0.137. The molecular formula is C16H20F3N3O2. The van der Waals surface area contributed by atoms with E-state index in [1.54, 1.807) is 19.0 Å². The fraction of sp³-hybridized carbons (Fsp3) is 0.500. The predicted octanol–water partition coefficient (Wildman–Crippen LogP) is 2.58. The van der Waals surface area contributed by atoms with Crippen molar-refractivity contribution in [1.82, 2.24) is 15.1 Å². The monoisotopic (exact) mass is 343 g/mol. The number of piperidine rings is 1. The Labute approximate surface area is 138 Å². The maximum atomic E-state index is 13.0. The van der Waals surface area contributed by atoms with E-state index in [1.807, 2.05) is 0 Å². The van der Waals surface area contributed by atoms with Crippen molar-refractivity contribution in [3.63, 3.8) is 0 Å². The summed E-state index contributed by atoms with van der Waals surface area (Å²) in [7, 11) is 3.31. The van der Waals surface area contributed by atoms with Crippen LogP contribution in [0.15, 0.2) is 24.3 Å². The van der Waals surface area contributed by atoms with Gasteiger partial charge in [-0.25, -0.2) is 4.79 Å². The molecule has 132 valence electrons. The summed E-state index contributed by atoms with van der Waals surface area (Å²) < 4.78 is 38.9. The summed E-state index contributed by atoms with van der Waals surface area (Å²) in [4.78, 5) is 27.2. The Balaban J connectivity index is 1.99.